The van der Waals surface area contributed by atoms with E-state index in [1.54, 1.807) is 0 Å². The van der Waals surface area contributed by atoms with Crippen LogP contribution in [0.15, 0.2) is 36.4 Å². The zero-order valence-electron chi connectivity index (χ0n) is 9.29. The third-order valence-corrected chi connectivity index (χ3v) is 3.08. The first-order chi connectivity index (χ1) is 8.56. The van der Waals surface area contributed by atoms with Crippen molar-refractivity contribution in [3.63, 3.8) is 0 Å². The number of nitrogen functional groups attached to an aromatic ring is 1. The molecule has 5 heteroatoms. The number of anilines is 1. The molecule has 0 unspecified atom stereocenters. The Hall–Kier alpha value is -1.37. The highest BCUT2D eigenvalue weighted by Gasteiger charge is 2.09. The molecule has 0 aliphatic heterocycles. The van der Waals surface area contributed by atoms with Crippen LogP contribution in [0.3, 0.4) is 0 Å². The Morgan fingerprint density at radius 2 is 1.72 bits per heavy atom. The Bertz CT molecular complexity index is 558. The molecule has 94 valence electrons. The van der Waals surface area contributed by atoms with Gasteiger partial charge in [0.2, 0.25) is 0 Å². The summed E-state index contributed by atoms with van der Waals surface area (Å²) >= 11 is 2.19. The number of ether oxygens (including phenoxy) is 1. The third kappa shape index (κ3) is 3.10. The number of nitrogens with two attached hydrogens (primary N) is 1. The monoisotopic (exact) mass is 361 g/mol. The van der Waals surface area contributed by atoms with Gasteiger partial charge >= 0.3 is 0 Å². The molecule has 0 fully saturated rings. The summed E-state index contributed by atoms with van der Waals surface area (Å²) in [6, 6.07) is 9.44. The highest BCUT2D eigenvalue weighted by atomic mass is 127. The number of halogens is 3. The maximum atomic E-state index is 13.4. The van der Waals surface area contributed by atoms with Crippen LogP contribution in [0.1, 0.15) is 5.56 Å². The van der Waals surface area contributed by atoms with Crippen LogP contribution in [0.4, 0.5) is 14.5 Å². The van der Waals surface area contributed by atoms with E-state index >= 15 is 0 Å². The molecular formula is C13H10F2INO. The lowest BCUT2D eigenvalue weighted by molar-refractivity contribution is 0.288. The van der Waals surface area contributed by atoms with Crippen molar-refractivity contribution in [3.8, 4) is 5.75 Å². The summed E-state index contributed by atoms with van der Waals surface area (Å²) in [5, 5.41) is 0. The van der Waals surface area contributed by atoms with Gasteiger partial charge in [0, 0.05) is 15.7 Å². The quantitative estimate of drug-likeness (QED) is 0.668. The van der Waals surface area contributed by atoms with Crippen molar-refractivity contribution in [1.29, 1.82) is 0 Å². The van der Waals surface area contributed by atoms with Crippen molar-refractivity contribution in [2.45, 2.75) is 6.61 Å². The second-order valence-corrected chi connectivity index (χ2v) is 4.96. The second-order valence-electron chi connectivity index (χ2n) is 3.72. The number of hydrogen-bond acceptors (Lipinski definition) is 2. The largest absolute Gasteiger partial charge is 0.486 e. The van der Waals surface area contributed by atoms with Crippen molar-refractivity contribution < 1.29 is 13.5 Å². The summed E-state index contributed by atoms with van der Waals surface area (Å²) in [4.78, 5) is 0. The first kappa shape index (κ1) is 13.1. The molecule has 2 aromatic rings. The standard InChI is InChI=1S/C13H10F2INO/c14-10-6-13(11(15)5-12(10)17)18-7-8-1-3-9(16)4-2-8/h1-6H,7,17H2. The molecule has 2 aromatic carbocycles. The van der Waals surface area contributed by atoms with E-state index in [-0.39, 0.29) is 18.0 Å². The van der Waals surface area contributed by atoms with E-state index in [0.717, 1.165) is 21.3 Å². The summed E-state index contributed by atoms with van der Waals surface area (Å²) < 4.78 is 32.9. The molecule has 0 atom stereocenters. The molecule has 0 aliphatic carbocycles. The Kier molecular flexibility index (Phi) is 4.00. The van der Waals surface area contributed by atoms with Gasteiger partial charge in [-0.25, -0.2) is 8.78 Å². The summed E-state index contributed by atoms with van der Waals surface area (Å²) in [5.74, 6) is -1.49. The van der Waals surface area contributed by atoms with Gasteiger partial charge in [0.25, 0.3) is 0 Å². The van der Waals surface area contributed by atoms with E-state index in [4.69, 9.17) is 10.5 Å². The van der Waals surface area contributed by atoms with Crippen LogP contribution in [0.5, 0.6) is 5.75 Å². The smallest absolute Gasteiger partial charge is 0.167 e. The summed E-state index contributed by atoms with van der Waals surface area (Å²) in [6.45, 7) is 0.178. The molecule has 0 radical (unpaired) electrons. The van der Waals surface area contributed by atoms with Gasteiger partial charge in [0.1, 0.15) is 12.4 Å². The van der Waals surface area contributed by atoms with Gasteiger partial charge in [0.05, 0.1) is 5.69 Å². The minimum atomic E-state index is -0.686. The topological polar surface area (TPSA) is 35.2 Å². The molecular weight excluding hydrogens is 351 g/mol. The van der Waals surface area contributed by atoms with Crippen LogP contribution in [0, 0.1) is 15.2 Å². The zero-order valence-corrected chi connectivity index (χ0v) is 11.4. The van der Waals surface area contributed by atoms with Gasteiger partial charge < -0.3 is 10.5 Å². The molecule has 0 bridgehead atoms. The van der Waals surface area contributed by atoms with Crippen molar-refractivity contribution >= 4 is 28.3 Å². The molecule has 0 aromatic heterocycles. The van der Waals surface area contributed by atoms with Crippen molar-refractivity contribution in [1.82, 2.24) is 0 Å². The fourth-order valence-corrected chi connectivity index (χ4v) is 1.76. The minimum absolute atomic E-state index is 0.139. The van der Waals surface area contributed by atoms with Crippen LogP contribution < -0.4 is 10.5 Å². The van der Waals surface area contributed by atoms with Gasteiger partial charge in [-0.15, -0.1) is 0 Å². The normalized spacial score (nSPS) is 10.4. The molecule has 2 N–H and O–H groups in total. The van der Waals surface area contributed by atoms with Crippen molar-refractivity contribution in [2.24, 2.45) is 0 Å². The van der Waals surface area contributed by atoms with Crippen LogP contribution in [-0.4, -0.2) is 0 Å². The Labute approximate surface area is 117 Å². The van der Waals surface area contributed by atoms with E-state index in [2.05, 4.69) is 22.6 Å². The van der Waals surface area contributed by atoms with Crippen molar-refractivity contribution in [2.75, 3.05) is 5.73 Å². The predicted molar refractivity (Wildman–Crippen MR) is 74.3 cm³/mol. The Balaban J connectivity index is 2.10. The molecule has 0 amide bonds. The fraction of sp³-hybridized carbons (Fsp3) is 0.0769. The highest BCUT2D eigenvalue weighted by Crippen LogP contribution is 2.23. The molecule has 0 heterocycles. The van der Waals surface area contributed by atoms with E-state index in [9.17, 15) is 8.78 Å². The molecule has 0 saturated heterocycles. The van der Waals surface area contributed by atoms with E-state index in [0.29, 0.717) is 0 Å². The first-order valence-corrected chi connectivity index (χ1v) is 6.26. The highest BCUT2D eigenvalue weighted by molar-refractivity contribution is 14.1. The van der Waals surface area contributed by atoms with E-state index < -0.39 is 11.6 Å². The molecule has 2 rings (SSSR count). The van der Waals surface area contributed by atoms with Crippen LogP contribution in [-0.2, 0) is 6.61 Å². The summed E-state index contributed by atoms with van der Waals surface area (Å²) in [7, 11) is 0. The van der Waals surface area contributed by atoms with Gasteiger partial charge in [0.15, 0.2) is 11.6 Å². The van der Waals surface area contributed by atoms with Gasteiger partial charge in [-0.3, -0.25) is 0 Å². The Morgan fingerprint density at radius 3 is 2.39 bits per heavy atom. The van der Waals surface area contributed by atoms with E-state index in [1.807, 2.05) is 24.3 Å². The molecule has 18 heavy (non-hydrogen) atoms. The lowest BCUT2D eigenvalue weighted by atomic mass is 10.2. The maximum Gasteiger partial charge on any atom is 0.167 e. The molecule has 0 aliphatic rings. The van der Waals surface area contributed by atoms with Gasteiger partial charge in [-0.2, -0.15) is 0 Å². The van der Waals surface area contributed by atoms with Crippen LogP contribution in [0.2, 0.25) is 0 Å². The fourth-order valence-electron chi connectivity index (χ4n) is 1.40. The number of rotatable bonds is 3. The van der Waals surface area contributed by atoms with Crippen LogP contribution >= 0.6 is 22.6 Å². The average Bonchev–Trinajstić information content (AvgIpc) is 2.34. The lowest BCUT2D eigenvalue weighted by Crippen LogP contribution is -2.00. The molecule has 0 saturated carbocycles. The lowest BCUT2D eigenvalue weighted by Gasteiger charge is -2.08. The summed E-state index contributed by atoms with van der Waals surface area (Å²) in [5.41, 5.74) is 5.90. The van der Waals surface area contributed by atoms with Gasteiger partial charge in [-0.1, -0.05) is 12.1 Å². The zero-order chi connectivity index (χ0) is 13.1. The first-order valence-electron chi connectivity index (χ1n) is 5.18. The van der Waals surface area contributed by atoms with Crippen molar-refractivity contribution in [3.05, 3.63) is 57.2 Å². The number of hydrogen-bond donors (Lipinski definition) is 1. The molecule has 0 spiro atoms. The van der Waals surface area contributed by atoms with Gasteiger partial charge in [-0.05, 0) is 40.3 Å². The Morgan fingerprint density at radius 1 is 1.06 bits per heavy atom. The predicted octanol–water partition coefficient (Wildman–Crippen LogP) is 3.73. The SMILES string of the molecule is Nc1cc(F)c(OCc2ccc(I)cc2)cc1F. The molecule has 2 nitrogen and oxygen atoms in total. The second kappa shape index (κ2) is 5.51. The number of benzene rings is 2. The van der Waals surface area contributed by atoms with Crippen LogP contribution in [0.25, 0.3) is 0 Å². The third-order valence-electron chi connectivity index (χ3n) is 2.36. The average molecular weight is 361 g/mol. The summed E-state index contributed by atoms with van der Waals surface area (Å²) in [6.07, 6.45) is 0. The minimum Gasteiger partial charge on any atom is -0.486 e. The van der Waals surface area contributed by atoms with E-state index in [1.165, 1.54) is 0 Å². The maximum absolute atomic E-state index is 13.4.